The van der Waals surface area contributed by atoms with Gasteiger partial charge in [0.05, 0.1) is 29.3 Å². The summed E-state index contributed by atoms with van der Waals surface area (Å²) in [6, 6.07) is 10.0. The van der Waals surface area contributed by atoms with Gasteiger partial charge < -0.3 is 19.9 Å². The van der Waals surface area contributed by atoms with Gasteiger partial charge in [-0.25, -0.2) is 17.6 Å². The van der Waals surface area contributed by atoms with Crippen molar-refractivity contribution in [1.29, 1.82) is 0 Å². The van der Waals surface area contributed by atoms with E-state index in [1.54, 1.807) is 58.0 Å². The highest BCUT2D eigenvalue weighted by atomic mass is 32.2. The monoisotopic (exact) mass is 657 g/mol. The summed E-state index contributed by atoms with van der Waals surface area (Å²) in [4.78, 5) is 27.0. The van der Waals surface area contributed by atoms with Crippen LogP contribution in [-0.4, -0.2) is 88.4 Å². The Balaban J connectivity index is 1.63. The third-order valence-electron chi connectivity index (χ3n) is 7.27. The topological polar surface area (TPSA) is 151 Å². The zero-order valence-electron chi connectivity index (χ0n) is 26.5. The minimum atomic E-state index is -4.00. The minimum Gasteiger partial charge on any atom is -0.489 e. The van der Waals surface area contributed by atoms with E-state index in [9.17, 15) is 27.5 Å². The zero-order valence-corrected chi connectivity index (χ0v) is 27.3. The molecule has 1 aromatic heterocycles. The molecule has 248 valence electrons. The standard InChI is InChI=1S/C32H40FN5O7S/c1-21-7-6-8-27(13-21)46(42,43)37-11-12-38(31(41)45-32(3,4)5)29(19-37)30(40)28(36-22(2)39)16-24-14-25(33)17-26(15-24)44-20-23-9-10-34-35-18-23/h6-10,13-15,17-18,28-30,40H,11-12,16,19-20H2,1-5H3,(H,36,39)/t28-,29+,30-/m0/s1. The molecule has 0 saturated carbocycles. The number of amides is 2. The third-order valence-corrected chi connectivity index (χ3v) is 9.13. The molecule has 1 saturated heterocycles. The average molecular weight is 658 g/mol. The maximum Gasteiger partial charge on any atom is 0.410 e. The Morgan fingerprint density at radius 2 is 1.87 bits per heavy atom. The average Bonchev–Trinajstić information content (AvgIpc) is 2.98. The van der Waals surface area contributed by atoms with E-state index in [2.05, 4.69) is 15.5 Å². The van der Waals surface area contributed by atoms with Gasteiger partial charge in [0.15, 0.2) is 0 Å². The van der Waals surface area contributed by atoms with Gasteiger partial charge in [0, 0.05) is 44.4 Å². The highest BCUT2D eigenvalue weighted by Crippen LogP contribution is 2.27. The quantitative estimate of drug-likeness (QED) is 0.335. The first-order valence-corrected chi connectivity index (χ1v) is 16.3. The summed E-state index contributed by atoms with van der Waals surface area (Å²) >= 11 is 0. The molecular weight excluding hydrogens is 617 g/mol. The molecule has 1 fully saturated rings. The van der Waals surface area contributed by atoms with E-state index in [4.69, 9.17) is 9.47 Å². The zero-order chi connectivity index (χ0) is 33.6. The van der Waals surface area contributed by atoms with Crippen molar-refractivity contribution in [3.05, 3.63) is 83.4 Å². The van der Waals surface area contributed by atoms with Crippen LogP contribution < -0.4 is 10.1 Å². The molecule has 46 heavy (non-hydrogen) atoms. The fraction of sp³-hybridized carbons (Fsp3) is 0.438. The largest absolute Gasteiger partial charge is 0.489 e. The maximum atomic E-state index is 14.7. The number of piperazine rings is 1. The molecule has 1 aliphatic heterocycles. The number of nitrogens with zero attached hydrogens (tertiary/aromatic N) is 4. The van der Waals surface area contributed by atoms with Gasteiger partial charge in [0.25, 0.3) is 0 Å². The van der Waals surface area contributed by atoms with E-state index in [1.165, 1.54) is 46.7 Å². The lowest BCUT2D eigenvalue weighted by Gasteiger charge is -2.44. The van der Waals surface area contributed by atoms with E-state index in [1.807, 2.05) is 0 Å². The Morgan fingerprint density at radius 1 is 1.11 bits per heavy atom. The second kappa shape index (κ2) is 14.5. The van der Waals surface area contributed by atoms with E-state index in [0.717, 1.165) is 11.1 Å². The van der Waals surface area contributed by atoms with Crippen molar-refractivity contribution in [2.45, 2.75) is 76.3 Å². The molecule has 1 aliphatic rings. The van der Waals surface area contributed by atoms with Crippen molar-refractivity contribution in [2.24, 2.45) is 0 Å². The Bertz CT molecular complexity index is 1640. The smallest absolute Gasteiger partial charge is 0.410 e. The van der Waals surface area contributed by atoms with Gasteiger partial charge in [-0.05, 0) is 75.6 Å². The van der Waals surface area contributed by atoms with E-state index < -0.39 is 51.6 Å². The van der Waals surface area contributed by atoms with Crippen molar-refractivity contribution < 1.29 is 37.0 Å². The van der Waals surface area contributed by atoms with E-state index in [-0.39, 0.29) is 43.3 Å². The number of hydrogen-bond acceptors (Lipinski definition) is 9. The molecule has 2 heterocycles. The molecule has 4 rings (SSSR count). The summed E-state index contributed by atoms with van der Waals surface area (Å²) in [5.41, 5.74) is 1.01. The third kappa shape index (κ3) is 9.21. The van der Waals surface area contributed by atoms with Crippen LogP contribution in [0.2, 0.25) is 0 Å². The lowest BCUT2D eigenvalue weighted by Crippen LogP contribution is -2.64. The van der Waals surface area contributed by atoms with E-state index >= 15 is 0 Å². The van der Waals surface area contributed by atoms with Gasteiger partial charge in [0.2, 0.25) is 15.9 Å². The van der Waals surface area contributed by atoms with Gasteiger partial charge in [-0.2, -0.15) is 14.5 Å². The molecule has 0 bridgehead atoms. The first-order chi connectivity index (χ1) is 21.6. The van der Waals surface area contributed by atoms with Gasteiger partial charge in [0.1, 0.15) is 23.8 Å². The predicted octanol–water partition coefficient (Wildman–Crippen LogP) is 3.22. The first kappa shape index (κ1) is 34.7. The number of aliphatic hydroxyl groups is 1. The number of carbonyl (C=O) groups excluding carboxylic acids is 2. The second-order valence-electron chi connectivity index (χ2n) is 12.3. The highest BCUT2D eigenvalue weighted by Gasteiger charge is 2.43. The van der Waals surface area contributed by atoms with Crippen LogP contribution >= 0.6 is 0 Å². The molecule has 2 aromatic carbocycles. The lowest BCUT2D eigenvalue weighted by molar-refractivity contribution is -0.121. The minimum absolute atomic E-state index is 0.0405. The van der Waals surface area contributed by atoms with Gasteiger partial charge in [-0.15, -0.1) is 0 Å². The van der Waals surface area contributed by atoms with Crippen LogP contribution in [0.25, 0.3) is 0 Å². The lowest BCUT2D eigenvalue weighted by atomic mass is 9.94. The normalized spacial score (nSPS) is 17.2. The van der Waals surface area contributed by atoms with Crippen molar-refractivity contribution in [3.8, 4) is 5.75 Å². The van der Waals surface area contributed by atoms with Crippen LogP contribution in [-0.2, 0) is 32.6 Å². The first-order valence-electron chi connectivity index (χ1n) is 14.8. The number of nitrogens with one attached hydrogen (secondary N) is 1. The highest BCUT2D eigenvalue weighted by molar-refractivity contribution is 7.89. The summed E-state index contributed by atoms with van der Waals surface area (Å²) in [6.45, 7) is 7.86. The summed E-state index contributed by atoms with van der Waals surface area (Å²) in [7, 11) is -4.00. The van der Waals surface area contributed by atoms with Crippen molar-refractivity contribution >= 4 is 22.0 Å². The Morgan fingerprint density at radius 3 is 2.52 bits per heavy atom. The maximum absolute atomic E-state index is 14.7. The number of aliphatic hydroxyl groups excluding tert-OH is 1. The van der Waals surface area contributed by atoms with Gasteiger partial charge in [-0.1, -0.05) is 12.1 Å². The Kier molecular flexibility index (Phi) is 11.0. The molecule has 0 aliphatic carbocycles. The van der Waals surface area contributed by atoms with E-state index in [0.29, 0.717) is 5.56 Å². The van der Waals surface area contributed by atoms with Crippen LogP contribution in [0.1, 0.15) is 44.4 Å². The Labute approximate surface area is 268 Å². The number of halogens is 1. The van der Waals surface area contributed by atoms with Gasteiger partial charge >= 0.3 is 6.09 Å². The SMILES string of the molecule is CC(=O)N[C@@H](Cc1cc(F)cc(OCc2ccnnc2)c1)[C@H](O)[C@H]1CN(S(=O)(=O)c2cccc(C)c2)CCN1C(=O)OC(C)(C)C. The second-order valence-corrected chi connectivity index (χ2v) is 14.2. The van der Waals surface area contributed by atoms with Gasteiger partial charge in [-0.3, -0.25) is 9.69 Å². The number of rotatable bonds is 10. The predicted molar refractivity (Wildman–Crippen MR) is 167 cm³/mol. The van der Waals surface area contributed by atoms with Crippen molar-refractivity contribution in [3.63, 3.8) is 0 Å². The van der Waals surface area contributed by atoms with Crippen LogP contribution in [0.15, 0.2) is 65.8 Å². The number of benzene rings is 2. The summed E-state index contributed by atoms with van der Waals surface area (Å²) in [6.07, 6.45) is 0.746. The number of carbonyl (C=O) groups is 2. The summed E-state index contributed by atoms with van der Waals surface area (Å²) in [5.74, 6) is -0.864. The fourth-order valence-electron chi connectivity index (χ4n) is 5.20. The summed E-state index contributed by atoms with van der Waals surface area (Å²) < 4.78 is 54.6. The number of ether oxygens (including phenoxy) is 2. The fourth-order valence-corrected chi connectivity index (χ4v) is 6.75. The number of sulfonamides is 1. The number of aromatic nitrogens is 2. The molecule has 3 aromatic rings. The molecule has 0 unspecified atom stereocenters. The van der Waals surface area contributed by atoms with Crippen LogP contribution in [0, 0.1) is 12.7 Å². The molecule has 0 spiro atoms. The molecule has 2 amide bonds. The van der Waals surface area contributed by atoms with Crippen molar-refractivity contribution in [2.75, 3.05) is 19.6 Å². The Hall–Kier alpha value is -4.14. The van der Waals surface area contributed by atoms with Crippen molar-refractivity contribution in [1.82, 2.24) is 24.7 Å². The van der Waals surface area contributed by atoms with Crippen LogP contribution in [0.5, 0.6) is 5.75 Å². The summed E-state index contributed by atoms with van der Waals surface area (Å²) in [5, 5.41) is 22.0. The molecule has 3 atom stereocenters. The molecule has 0 radical (unpaired) electrons. The molecular formula is C32H40FN5O7S. The van der Waals surface area contributed by atoms with Crippen LogP contribution in [0.3, 0.4) is 0 Å². The molecule has 14 heteroatoms. The number of hydrogen-bond donors (Lipinski definition) is 2. The molecule has 12 nitrogen and oxygen atoms in total. The molecule has 2 N–H and O–H groups in total. The van der Waals surface area contributed by atoms with Crippen LogP contribution in [0.4, 0.5) is 9.18 Å². The number of aryl methyl sites for hydroxylation is 1.